The number of Topliss-reactive ketones (excluding diaryl/α,β-unsaturated/α-hetero) is 1. The Balaban J connectivity index is 2.15. The zero-order valence-electron chi connectivity index (χ0n) is 10.6. The van der Waals surface area contributed by atoms with Crippen LogP contribution in [0.25, 0.3) is 0 Å². The van der Waals surface area contributed by atoms with Crippen molar-refractivity contribution in [2.24, 2.45) is 0 Å². The van der Waals surface area contributed by atoms with E-state index >= 15 is 0 Å². The molecule has 3 heteroatoms. The van der Waals surface area contributed by atoms with E-state index in [1.165, 1.54) is 6.07 Å². The number of benzene rings is 2. The topological polar surface area (TPSA) is 17.1 Å². The molecule has 0 aromatic heterocycles. The molecule has 0 bridgehead atoms. The number of halogens is 2. The first-order valence-corrected chi connectivity index (χ1v) is 6.89. The molecular formula is C16H14BrFO. The molecule has 0 amide bonds. The van der Waals surface area contributed by atoms with Gasteiger partial charge in [0.2, 0.25) is 0 Å². The van der Waals surface area contributed by atoms with Gasteiger partial charge in [0.15, 0.2) is 0 Å². The number of hydrogen-bond acceptors (Lipinski definition) is 1. The van der Waals surface area contributed by atoms with Crippen LogP contribution in [0.2, 0.25) is 0 Å². The van der Waals surface area contributed by atoms with Gasteiger partial charge in [-0.3, -0.25) is 4.79 Å². The molecule has 0 fully saturated rings. The minimum absolute atomic E-state index is 0.0810. The average molecular weight is 321 g/mol. The molecule has 0 aliphatic carbocycles. The highest BCUT2D eigenvalue weighted by molar-refractivity contribution is 9.10. The number of ketones is 1. The number of hydrogen-bond donors (Lipinski definition) is 0. The molecule has 0 spiro atoms. The van der Waals surface area contributed by atoms with Gasteiger partial charge in [-0.2, -0.15) is 0 Å². The van der Waals surface area contributed by atoms with Crippen LogP contribution in [0, 0.1) is 5.82 Å². The van der Waals surface area contributed by atoms with Crippen molar-refractivity contribution in [1.29, 1.82) is 0 Å². The van der Waals surface area contributed by atoms with Crippen LogP contribution < -0.4 is 0 Å². The fourth-order valence-corrected chi connectivity index (χ4v) is 2.36. The minimum Gasteiger partial charge on any atom is -0.299 e. The van der Waals surface area contributed by atoms with Crippen LogP contribution in [0.5, 0.6) is 0 Å². The Hall–Kier alpha value is -1.48. The SMILES string of the molecule is CC(C(=O)Cc1cccc(F)c1Br)c1ccccc1. The molecule has 2 aromatic rings. The van der Waals surface area contributed by atoms with Crippen molar-refractivity contribution in [1.82, 2.24) is 0 Å². The van der Waals surface area contributed by atoms with E-state index in [1.807, 2.05) is 37.3 Å². The van der Waals surface area contributed by atoms with Gasteiger partial charge in [0.25, 0.3) is 0 Å². The monoisotopic (exact) mass is 320 g/mol. The first kappa shape index (κ1) is 13.9. The van der Waals surface area contributed by atoms with Crippen molar-refractivity contribution >= 4 is 21.7 Å². The van der Waals surface area contributed by atoms with Gasteiger partial charge in [-0.25, -0.2) is 4.39 Å². The predicted molar refractivity (Wildman–Crippen MR) is 77.7 cm³/mol. The summed E-state index contributed by atoms with van der Waals surface area (Å²) in [4.78, 5) is 12.2. The van der Waals surface area contributed by atoms with Gasteiger partial charge in [-0.1, -0.05) is 49.4 Å². The summed E-state index contributed by atoms with van der Waals surface area (Å²) in [5, 5.41) is 0. The van der Waals surface area contributed by atoms with E-state index in [0.29, 0.717) is 10.0 Å². The molecule has 0 saturated carbocycles. The molecule has 0 N–H and O–H groups in total. The Morgan fingerprint density at radius 3 is 2.53 bits per heavy atom. The third kappa shape index (κ3) is 3.29. The van der Waals surface area contributed by atoms with Crippen LogP contribution >= 0.6 is 15.9 Å². The Kier molecular flexibility index (Phi) is 4.48. The lowest BCUT2D eigenvalue weighted by Gasteiger charge is -2.11. The van der Waals surface area contributed by atoms with Gasteiger partial charge < -0.3 is 0 Å². The molecular weight excluding hydrogens is 307 g/mol. The first-order chi connectivity index (χ1) is 9.09. The summed E-state index contributed by atoms with van der Waals surface area (Å²) in [6.45, 7) is 1.88. The molecule has 0 saturated heterocycles. The van der Waals surface area contributed by atoms with Crippen molar-refractivity contribution in [3.05, 3.63) is 69.9 Å². The third-order valence-corrected chi connectivity index (χ3v) is 4.07. The Morgan fingerprint density at radius 1 is 1.16 bits per heavy atom. The summed E-state index contributed by atoms with van der Waals surface area (Å²) in [6.07, 6.45) is 0.231. The maximum Gasteiger partial charge on any atom is 0.144 e. The summed E-state index contributed by atoms with van der Waals surface area (Å²) in [7, 11) is 0. The van der Waals surface area contributed by atoms with E-state index in [9.17, 15) is 9.18 Å². The van der Waals surface area contributed by atoms with E-state index in [2.05, 4.69) is 15.9 Å². The Morgan fingerprint density at radius 2 is 1.84 bits per heavy atom. The summed E-state index contributed by atoms with van der Waals surface area (Å²) in [5.74, 6) is -0.438. The van der Waals surface area contributed by atoms with Crippen molar-refractivity contribution in [3.63, 3.8) is 0 Å². The van der Waals surface area contributed by atoms with Gasteiger partial charge in [-0.05, 0) is 33.1 Å². The van der Waals surface area contributed by atoms with E-state index in [-0.39, 0.29) is 23.9 Å². The molecule has 2 rings (SSSR count). The molecule has 98 valence electrons. The second-order valence-corrected chi connectivity index (χ2v) is 5.28. The van der Waals surface area contributed by atoms with Crippen LogP contribution in [0.3, 0.4) is 0 Å². The zero-order valence-corrected chi connectivity index (χ0v) is 12.2. The maximum absolute atomic E-state index is 13.4. The average Bonchev–Trinajstić information content (AvgIpc) is 2.44. The summed E-state index contributed by atoms with van der Waals surface area (Å²) in [5.41, 5.74) is 1.67. The molecule has 19 heavy (non-hydrogen) atoms. The van der Waals surface area contributed by atoms with Crippen molar-refractivity contribution in [3.8, 4) is 0 Å². The van der Waals surface area contributed by atoms with E-state index in [0.717, 1.165) is 5.56 Å². The van der Waals surface area contributed by atoms with E-state index in [1.54, 1.807) is 12.1 Å². The highest BCUT2D eigenvalue weighted by atomic mass is 79.9. The molecule has 0 radical (unpaired) electrons. The van der Waals surface area contributed by atoms with Gasteiger partial charge >= 0.3 is 0 Å². The van der Waals surface area contributed by atoms with Gasteiger partial charge in [0.05, 0.1) is 4.47 Å². The van der Waals surface area contributed by atoms with Gasteiger partial charge in [0.1, 0.15) is 11.6 Å². The summed E-state index contributed by atoms with van der Waals surface area (Å²) < 4.78 is 13.8. The number of carbonyl (C=O) groups is 1. The van der Waals surface area contributed by atoms with Crippen LogP contribution in [0.4, 0.5) is 4.39 Å². The molecule has 1 nitrogen and oxygen atoms in total. The summed E-state index contributed by atoms with van der Waals surface area (Å²) >= 11 is 3.19. The highest BCUT2D eigenvalue weighted by Gasteiger charge is 2.17. The molecule has 1 atom stereocenters. The van der Waals surface area contributed by atoms with Gasteiger partial charge in [0, 0.05) is 12.3 Å². The normalized spacial score (nSPS) is 12.2. The smallest absolute Gasteiger partial charge is 0.144 e. The number of rotatable bonds is 4. The third-order valence-electron chi connectivity index (χ3n) is 3.18. The van der Waals surface area contributed by atoms with Crippen molar-refractivity contribution < 1.29 is 9.18 Å². The fourth-order valence-electron chi connectivity index (χ4n) is 1.95. The van der Waals surface area contributed by atoms with Crippen molar-refractivity contribution in [2.45, 2.75) is 19.3 Å². The predicted octanol–water partition coefficient (Wildman–Crippen LogP) is 4.50. The second-order valence-electron chi connectivity index (χ2n) is 4.49. The van der Waals surface area contributed by atoms with E-state index < -0.39 is 0 Å². The first-order valence-electron chi connectivity index (χ1n) is 6.10. The molecule has 1 unspecified atom stereocenters. The standard InChI is InChI=1S/C16H14BrFO/c1-11(12-6-3-2-4-7-12)15(19)10-13-8-5-9-14(18)16(13)17/h2-9,11H,10H2,1H3. The van der Waals surface area contributed by atoms with E-state index in [4.69, 9.17) is 0 Å². The maximum atomic E-state index is 13.4. The molecule has 2 aromatic carbocycles. The fraction of sp³-hybridized carbons (Fsp3) is 0.188. The molecule has 0 aliphatic rings. The summed E-state index contributed by atoms with van der Waals surface area (Å²) in [6, 6.07) is 14.4. The minimum atomic E-state index is -0.335. The lowest BCUT2D eigenvalue weighted by Crippen LogP contribution is -2.12. The van der Waals surface area contributed by atoms with Crippen molar-refractivity contribution in [2.75, 3.05) is 0 Å². The molecule has 0 heterocycles. The lowest BCUT2D eigenvalue weighted by atomic mass is 9.93. The quantitative estimate of drug-likeness (QED) is 0.810. The Labute approximate surface area is 120 Å². The zero-order chi connectivity index (χ0) is 13.8. The second kappa shape index (κ2) is 6.11. The Bertz CT molecular complexity index is 581. The van der Waals surface area contributed by atoms with Crippen LogP contribution in [0.1, 0.15) is 24.0 Å². The highest BCUT2D eigenvalue weighted by Crippen LogP contribution is 2.24. The van der Waals surface area contributed by atoms with Crippen LogP contribution in [-0.2, 0) is 11.2 Å². The molecule has 0 aliphatic heterocycles. The lowest BCUT2D eigenvalue weighted by molar-refractivity contribution is -0.119. The van der Waals surface area contributed by atoms with Crippen LogP contribution in [-0.4, -0.2) is 5.78 Å². The van der Waals surface area contributed by atoms with Crippen LogP contribution in [0.15, 0.2) is 53.0 Å². The number of carbonyl (C=O) groups excluding carboxylic acids is 1. The van der Waals surface area contributed by atoms with Gasteiger partial charge in [-0.15, -0.1) is 0 Å². The largest absolute Gasteiger partial charge is 0.299 e.